The van der Waals surface area contributed by atoms with E-state index in [0.29, 0.717) is 44.1 Å². The molecule has 186 valence electrons. The van der Waals surface area contributed by atoms with Gasteiger partial charge in [0.25, 0.3) is 5.91 Å². The fourth-order valence-corrected chi connectivity index (χ4v) is 5.42. The molecule has 3 aliphatic rings. The SMILES string of the molecule is Cc1cc(C)cc(Nc2ncc3c(n2)CN(C2CCN(C(=O)c4ccc5c(c4)NNN5)CC2O)C3)c1. The van der Waals surface area contributed by atoms with E-state index in [1.165, 1.54) is 11.1 Å². The number of hydrogen-bond acceptors (Lipinski definition) is 9. The number of aliphatic hydroxyl groups is 1. The normalized spacial score (nSPS) is 20.9. The molecule has 1 fully saturated rings. The van der Waals surface area contributed by atoms with Gasteiger partial charge in [0, 0.05) is 55.2 Å². The third-order valence-corrected chi connectivity index (χ3v) is 7.12. The first kappa shape index (κ1) is 22.7. The number of likely N-dealkylation sites (tertiary alicyclic amines) is 1. The molecular weight excluding hydrogens is 456 g/mol. The Morgan fingerprint density at radius 2 is 1.89 bits per heavy atom. The van der Waals surface area contributed by atoms with Crippen molar-refractivity contribution < 1.29 is 9.90 Å². The predicted molar refractivity (Wildman–Crippen MR) is 138 cm³/mol. The summed E-state index contributed by atoms with van der Waals surface area (Å²) in [6, 6.07) is 11.7. The van der Waals surface area contributed by atoms with Crippen LogP contribution in [0.5, 0.6) is 0 Å². The Hall–Kier alpha value is -3.73. The van der Waals surface area contributed by atoms with Crippen molar-refractivity contribution in [1.29, 1.82) is 0 Å². The number of carbonyl (C=O) groups excluding carboxylic acids is 1. The number of aliphatic hydroxyl groups excluding tert-OH is 1. The molecule has 3 aliphatic heterocycles. The molecule has 1 saturated heterocycles. The number of nitrogens with zero attached hydrogens (tertiary/aromatic N) is 4. The second kappa shape index (κ2) is 9.05. The molecule has 4 heterocycles. The van der Waals surface area contributed by atoms with Crippen molar-refractivity contribution in [2.75, 3.05) is 29.3 Å². The number of aromatic nitrogens is 2. The average Bonchev–Trinajstić information content (AvgIpc) is 3.49. The number of benzene rings is 2. The lowest BCUT2D eigenvalue weighted by Gasteiger charge is -2.40. The highest BCUT2D eigenvalue weighted by atomic mass is 16.3. The smallest absolute Gasteiger partial charge is 0.254 e. The minimum absolute atomic E-state index is 0.0332. The number of carbonyl (C=O) groups is 1. The molecule has 5 N–H and O–H groups in total. The lowest BCUT2D eigenvalue weighted by atomic mass is 9.99. The summed E-state index contributed by atoms with van der Waals surface area (Å²) < 4.78 is 0. The first-order valence-electron chi connectivity index (χ1n) is 12.3. The lowest BCUT2D eigenvalue weighted by Crippen LogP contribution is -2.54. The van der Waals surface area contributed by atoms with Gasteiger partial charge in [-0.3, -0.25) is 9.69 Å². The van der Waals surface area contributed by atoms with Crippen LogP contribution >= 0.6 is 0 Å². The maximum absolute atomic E-state index is 13.1. The first-order valence-corrected chi connectivity index (χ1v) is 12.3. The van der Waals surface area contributed by atoms with Gasteiger partial charge in [0.15, 0.2) is 0 Å². The molecule has 36 heavy (non-hydrogen) atoms. The van der Waals surface area contributed by atoms with Crippen molar-refractivity contribution >= 4 is 28.9 Å². The zero-order chi connectivity index (χ0) is 24.8. The Morgan fingerprint density at radius 1 is 1.08 bits per heavy atom. The highest BCUT2D eigenvalue weighted by molar-refractivity contribution is 5.96. The molecule has 0 saturated carbocycles. The van der Waals surface area contributed by atoms with Crippen molar-refractivity contribution in [1.82, 2.24) is 25.3 Å². The molecule has 10 heteroatoms. The number of rotatable bonds is 4. The maximum Gasteiger partial charge on any atom is 0.254 e. The molecule has 1 aromatic heterocycles. The minimum Gasteiger partial charge on any atom is -0.390 e. The third-order valence-electron chi connectivity index (χ3n) is 7.12. The highest BCUT2D eigenvalue weighted by Crippen LogP contribution is 2.30. The maximum atomic E-state index is 13.1. The van der Waals surface area contributed by atoms with E-state index in [9.17, 15) is 9.90 Å². The molecule has 0 spiro atoms. The number of piperidine rings is 1. The van der Waals surface area contributed by atoms with Crippen molar-refractivity contribution in [2.24, 2.45) is 0 Å². The summed E-state index contributed by atoms with van der Waals surface area (Å²) in [4.78, 5) is 26.4. The van der Waals surface area contributed by atoms with Crippen LogP contribution in [0.4, 0.5) is 23.0 Å². The van der Waals surface area contributed by atoms with Crippen LogP contribution in [-0.2, 0) is 13.1 Å². The summed E-state index contributed by atoms with van der Waals surface area (Å²) in [6.45, 7) is 6.41. The number of aryl methyl sites for hydroxylation is 2. The molecule has 10 nitrogen and oxygen atoms in total. The number of amides is 1. The van der Waals surface area contributed by atoms with E-state index >= 15 is 0 Å². The first-order chi connectivity index (χ1) is 17.4. The van der Waals surface area contributed by atoms with Crippen LogP contribution in [0.25, 0.3) is 0 Å². The second-order valence-electron chi connectivity index (χ2n) is 9.88. The van der Waals surface area contributed by atoms with E-state index in [-0.39, 0.29) is 11.9 Å². The van der Waals surface area contributed by atoms with Crippen LogP contribution in [0.15, 0.2) is 42.6 Å². The van der Waals surface area contributed by atoms with Crippen LogP contribution in [0.3, 0.4) is 0 Å². The van der Waals surface area contributed by atoms with Gasteiger partial charge < -0.3 is 26.2 Å². The van der Waals surface area contributed by atoms with Gasteiger partial charge in [-0.1, -0.05) is 6.07 Å². The third kappa shape index (κ3) is 4.34. The van der Waals surface area contributed by atoms with Crippen LogP contribution in [0.1, 0.15) is 39.2 Å². The van der Waals surface area contributed by atoms with Crippen molar-refractivity contribution in [2.45, 2.75) is 45.5 Å². The van der Waals surface area contributed by atoms with Gasteiger partial charge in [0.1, 0.15) is 0 Å². The van der Waals surface area contributed by atoms with Crippen molar-refractivity contribution in [3.63, 3.8) is 0 Å². The Kier molecular flexibility index (Phi) is 5.71. The van der Waals surface area contributed by atoms with Crippen molar-refractivity contribution in [3.8, 4) is 0 Å². The second-order valence-corrected chi connectivity index (χ2v) is 9.88. The topological polar surface area (TPSA) is 118 Å². The molecule has 1 amide bonds. The Labute approximate surface area is 209 Å². The molecule has 0 radical (unpaired) electrons. The Morgan fingerprint density at radius 3 is 2.69 bits per heavy atom. The fourth-order valence-electron chi connectivity index (χ4n) is 5.42. The number of β-amino-alcohol motifs (C(OH)–C–C–N with tert-alkyl or cyclic N) is 1. The van der Waals surface area contributed by atoms with Gasteiger partial charge in [-0.2, -0.15) is 0 Å². The van der Waals surface area contributed by atoms with Crippen LogP contribution in [0, 0.1) is 13.8 Å². The average molecular weight is 487 g/mol. The summed E-state index contributed by atoms with van der Waals surface area (Å²) in [6.07, 6.45) is 1.95. The van der Waals surface area contributed by atoms with Crippen LogP contribution < -0.4 is 21.7 Å². The number of hydrazine groups is 2. The van der Waals surface area contributed by atoms with E-state index in [0.717, 1.165) is 28.3 Å². The molecular formula is C26H30N8O2. The van der Waals surface area contributed by atoms with Crippen LogP contribution in [-0.4, -0.2) is 56.0 Å². The molecule has 0 aliphatic carbocycles. The molecule has 2 atom stereocenters. The molecule has 3 aromatic rings. The number of hydrogen-bond donors (Lipinski definition) is 5. The van der Waals surface area contributed by atoms with Crippen LogP contribution in [0.2, 0.25) is 0 Å². The van der Waals surface area contributed by atoms with Gasteiger partial charge in [0.05, 0.1) is 23.2 Å². The van der Waals surface area contributed by atoms with E-state index in [1.54, 1.807) is 11.0 Å². The molecule has 2 aromatic carbocycles. The predicted octanol–water partition coefficient (Wildman–Crippen LogP) is 2.69. The zero-order valence-corrected chi connectivity index (χ0v) is 20.4. The lowest BCUT2D eigenvalue weighted by molar-refractivity contribution is -0.0110. The van der Waals surface area contributed by atoms with E-state index < -0.39 is 6.10 Å². The van der Waals surface area contributed by atoms with Gasteiger partial charge >= 0.3 is 0 Å². The monoisotopic (exact) mass is 486 g/mol. The Balaban J connectivity index is 1.10. The standard InChI is InChI=1S/C26H30N8O2/c1-15-7-16(2)9-19(8-15)28-26-27-11-18-12-34(13-22(18)29-26)23-5-6-33(14-24(23)35)25(36)17-3-4-20-21(10-17)31-32-30-20/h3-4,7-11,23-24,30-32,35H,5-6,12-14H2,1-2H3,(H,27,28,29). The van der Waals surface area contributed by atoms with E-state index in [2.05, 4.69) is 63.6 Å². The van der Waals surface area contributed by atoms with Gasteiger partial charge in [-0.15, -0.1) is 5.53 Å². The Bertz CT molecular complexity index is 1310. The van der Waals surface area contributed by atoms with Gasteiger partial charge in [-0.25, -0.2) is 9.97 Å². The van der Waals surface area contributed by atoms with Crippen molar-refractivity contribution in [3.05, 3.63) is 70.5 Å². The molecule has 6 rings (SSSR count). The summed E-state index contributed by atoms with van der Waals surface area (Å²) in [5.41, 5.74) is 16.5. The van der Waals surface area contributed by atoms with Gasteiger partial charge in [-0.05, 0) is 61.7 Å². The number of fused-ring (bicyclic) bond motifs is 2. The van der Waals surface area contributed by atoms with E-state index in [1.807, 2.05) is 18.3 Å². The fraction of sp³-hybridized carbons (Fsp3) is 0.346. The zero-order valence-electron chi connectivity index (χ0n) is 20.4. The summed E-state index contributed by atoms with van der Waals surface area (Å²) in [7, 11) is 0. The summed E-state index contributed by atoms with van der Waals surface area (Å²) in [5.74, 6) is 0.512. The molecule has 0 bridgehead atoms. The summed E-state index contributed by atoms with van der Waals surface area (Å²) in [5, 5.41) is 14.3. The van der Waals surface area contributed by atoms with E-state index in [4.69, 9.17) is 4.98 Å². The quantitative estimate of drug-likeness (QED) is 0.379. The number of anilines is 4. The number of nitrogens with one attached hydrogen (secondary N) is 4. The summed E-state index contributed by atoms with van der Waals surface area (Å²) >= 11 is 0. The highest BCUT2D eigenvalue weighted by Gasteiger charge is 2.37. The van der Waals surface area contributed by atoms with Gasteiger partial charge in [0.2, 0.25) is 5.95 Å². The minimum atomic E-state index is -0.631. The largest absolute Gasteiger partial charge is 0.390 e. The molecule has 2 unspecified atom stereocenters.